The molecule has 0 spiro atoms. The summed E-state index contributed by atoms with van der Waals surface area (Å²) in [5.41, 5.74) is 7.46. The lowest BCUT2D eigenvalue weighted by Crippen LogP contribution is -2.47. The zero-order valence-electron chi connectivity index (χ0n) is 10.6. The van der Waals surface area contributed by atoms with Crippen LogP contribution >= 0.6 is 0 Å². The van der Waals surface area contributed by atoms with Gasteiger partial charge < -0.3 is 11.1 Å². The van der Waals surface area contributed by atoms with Crippen LogP contribution in [0.4, 0.5) is 4.39 Å². The standard InChI is InChI=1S/C14H19FN2O/c1-9-6-12(15)3-2-11(9)7-10-4-5-17-13(8-10)14(16)18/h2-3,6,10,13,17H,4-5,7-8H2,1H3,(H2,16,18). The molecule has 2 atom stereocenters. The van der Waals surface area contributed by atoms with E-state index in [-0.39, 0.29) is 17.8 Å². The second-order valence-corrected chi connectivity index (χ2v) is 5.07. The third kappa shape index (κ3) is 3.07. The summed E-state index contributed by atoms with van der Waals surface area (Å²) >= 11 is 0. The highest BCUT2D eigenvalue weighted by Gasteiger charge is 2.25. The number of nitrogens with two attached hydrogens (primary N) is 1. The lowest BCUT2D eigenvalue weighted by molar-refractivity contribution is -0.120. The number of aryl methyl sites for hydroxylation is 1. The number of carbonyl (C=O) groups excluding carboxylic acids is 1. The van der Waals surface area contributed by atoms with Gasteiger partial charge in [0, 0.05) is 0 Å². The summed E-state index contributed by atoms with van der Waals surface area (Å²) in [4.78, 5) is 11.2. The van der Waals surface area contributed by atoms with Gasteiger partial charge in [0.1, 0.15) is 5.82 Å². The van der Waals surface area contributed by atoms with Gasteiger partial charge in [-0.25, -0.2) is 4.39 Å². The van der Waals surface area contributed by atoms with Crippen molar-refractivity contribution in [2.45, 2.75) is 32.2 Å². The van der Waals surface area contributed by atoms with E-state index < -0.39 is 0 Å². The topological polar surface area (TPSA) is 55.1 Å². The molecule has 18 heavy (non-hydrogen) atoms. The van der Waals surface area contributed by atoms with Crippen LogP contribution in [0.15, 0.2) is 18.2 Å². The number of hydrogen-bond donors (Lipinski definition) is 2. The first-order valence-electron chi connectivity index (χ1n) is 6.34. The normalized spacial score (nSPS) is 23.9. The van der Waals surface area contributed by atoms with Crippen LogP contribution in [-0.2, 0) is 11.2 Å². The molecule has 1 amide bonds. The van der Waals surface area contributed by atoms with E-state index >= 15 is 0 Å². The molecular weight excluding hydrogens is 231 g/mol. The molecule has 0 saturated carbocycles. The maximum atomic E-state index is 13.0. The Hall–Kier alpha value is -1.42. The van der Waals surface area contributed by atoms with Crippen molar-refractivity contribution in [3.63, 3.8) is 0 Å². The van der Waals surface area contributed by atoms with Crippen LogP contribution in [-0.4, -0.2) is 18.5 Å². The van der Waals surface area contributed by atoms with E-state index in [0.29, 0.717) is 5.92 Å². The summed E-state index contributed by atoms with van der Waals surface area (Å²) in [5, 5.41) is 3.12. The third-order valence-electron chi connectivity index (χ3n) is 3.67. The second-order valence-electron chi connectivity index (χ2n) is 5.07. The minimum Gasteiger partial charge on any atom is -0.368 e. The lowest BCUT2D eigenvalue weighted by atomic mass is 9.86. The smallest absolute Gasteiger partial charge is 0.234 e. The molecule has 2 rings (SSSR count). The quantitative estimate of drug-likeness (QED) is 0.854. The molecule has 0 radical (unpaired) electrons. The number of piperidine rings is 1. The molecule has 3 N–H and O–H groups in total. The van der Waals surface area contributed by atoms with Crippen LogP contribution in [0.5, 0.6) is 0 Å². The van der Waals surface area contributed by atoms with Gasteiger partial charge >= 0.3 is 0 Å². The lowest BCUT2D eigenvalue weighted by Gasteiger charge is -2.28. The van der Waals surface area contributed by atoms with Gasteiger partial charge in [0.25, 0.3) is 0 Å². The van der Waals surface area contributed by atoms with Gasteiger partial charge in [-0.05, 0) is 61.9 Å². The first kappa shape index (κ1) is 13.0. The van der Waals surface area contributed by atoms with Crippen molar-refractivity contribution in [3.8, 4) is 0 Å². The van der Waals surface area contributed by atoms with Gasteiger partial charge in [-0.1, -0.05) is 6.07 Å². The Labute approximate surface area is 107 Å². The second kappa shape index (κ2) is 5.48. The first-order valence-corrected chi connectivity index (χ1v) is 6.34. The molecule has 1 heterocycles. The van der Waals surface area contributed by atoms with E-state index in [9.17, 15) is 9.18 Å². The summed E-state index contributed by atoms with van der Waals surface area (Å²) in [6.45, 7) is 2.74. The molecule has 3 nitrogen and oxygen atoms in total. The molecule has 1 aliphatic heterocycles. The average molecular weight is 250 g/mol. The molecule has 0 bridgehead atoms. The van der Waals surface area contributed by atoms with Crippen LogP contribution in [0.1, 0.15) is 24.0 Å². The Balaban J connectivity index is 2.02. The minimum atomic E-state index is -0.282. The Kier molecular flexibility index (Phi) is 3.97. The van der Waals surface area contributed by atoms with Crippen LogP contribution in [0.3, 0.4) is 0 Å². The summed E-state index contributed by atoms with van der Waals surface area (Å²) < 4.78 is 13.0. The van der Waals surface area contributed by atoms with Gasteiger partial charge in [0.05, 0.1) is 6.04 Å². The van der Waals surface area contributed by atoms with Gasteiger partial charge in [0.2, 0.25) is 5.91 Å². The number of primary amides is 1. The van der Waals surface area contributed by atoms with E-state index in [1.54, 1.807) is 6.07 Å². The van der Waals surface area contributed by atoms with Crippen LogP contribution < -0.4 is 11.1 Å². The van der Waals surface area contributed by atoms with Crippen LogP contribution in [0.2, 0.25) is 0 Å². The summed E-state index contributed by atoms with van der Waals surface area (Å²) in [6, 6.07) is 4.67. The summed E-state index contributed by atoms with van der Waals surface area (Å²) in [7, 11) is 0. The van der Waals surface area contributed by atoms with Crippen molar-refractivity contribution in [2.24, 2.45) is 11.7 Å². The van der Waals surface area contributed by atoms with Crippen molar-refractivity contribution in [1.29, 1.82) is 0 Å². The number of rotatable bonds is 3. The predicted molar refractivity (Wildman–Crippen MR) is 68.6 cm³/mol. The summed E-state index contributed by atoms with van der Waals surface area (Å²) in [5.74, 6) is -0.0417. The molecule has 1 saturated heterocycles. The van der Waals surface area contributed by atoms with Gasteiger partial charge in [-0.3, -0.25) is 4.79 Å². The van der Waals surface area contributed by atoms with E-state index in [1.165, 1.54) is 6.07 Å². The van der Waals surface area contributed by atoms with Crippen molar-refractivity contribution in [3.05, 3.63) is 35.1 Å². The van der Waals surface area contributed by atoms with E-state index in [1.807, 2.05) is 13.0 Å². The minimum absolute atomic E-state index is 0.198. The molecule has 1 aliphatic rings. The monoisotopic (exact) mass is 250 g/mol. The molecular formula is C14H19FN2O. The van der Waals surface area contributed by atoms with E-state index in [4.69, 9.17) is 5.73 Å². The van der Waals surface area contributed by atoms with Crippen molar-refractivity contribution in [2.75, 3.05) is 6.54 Å². The molecule has 0 aromatic heterocycles. The average Bonchev–Trinajstić information content (AvgIpc) is 2.33. The molecule has 0 aliphatic carbocycles. The fraction of sp³-hybridized carbons (Fsp3) is 0.500. The van der Waals surface area contributed by atoms with E-state index in [2.05, 4.69) is 5.32 Å². The molecule has 4 heteroatoms. The number of hydrogen-bond acceptors (Lipinski definition) is 2. The molecule has 1 aromatic carbocycles. The van der Waals surface area contributed by atoms with Crippen molar-refractivity contribution >= 4 is 5.91 Å². The zero-order valence-corrected chi connectivity index (χ0v) is 10.6. The maximum absolute atomic E-state index is 13.0. The zero-order chi connectivity index (χ0) is 13.1. The first-order chi connectivity index (χ1) is 8.56. The highest BCUT2D eigenvalue weighted by Crippen LogP contribution is 2.23. The highest BCUT2D eigenvalue weighted by molar-refractivity contribution is 5.79. The summed E-state index contributed by atoms with van der Waals surface area (Å²) in [6.07, 6.45) is 2.68. The SMILES string of the molecule is Cc1cc(F)ccc1CC1CCNC(C(N)=O)C1. The molecule has 1 fully saturated rings. The molecule has 1 aromatic rings. The predicted octanol–water partition coefficient (Wildman–Crippen LogP) is 1.53. The number of amides is 1. The Morgan fingerprint density at radius 3 is 3.00 bits per heavy atom. The van der Waals surface area contributed by atoms with Crippen LogP contribution in [0.25, 0.3) is 0 Å². The van der Waals surface area contributed by atoms with Crippen molar-refractivity contribution < 1.29 is 9.18 Å². The number of halogens is 1. The number of benzene rings is 1. The Morgan fingerprint density at radius 1 is 1.56 bits per heavy atom. The number of carbonyl (C=O) groups is 1. The maximum Gasteiger partial charge on any atom is 0.234 e. The largest absolute Gasteiger partial charge is 0.368 e. The molecule has 98 valence electrons. The highest BCUT2D eigenvalue weighted by atomic mass is 19.1. The Morgan fingerprint density at radius 2 is 2.33 bits per heavy atom. The van der Waals surface area contributed by atoms with Gasteiger partial charge in [0.15, 0.2) is 0 Å². The fourth-order valence-electron chi connectivity index (χ4n) is 2.60. The third-order valence-corrected chi connectivity index (χ3v) is 3.67. The van der Waals surface area contributed by atoms with Crippen LogP contribution in [0, 0.1) is 18.7 Å². The number of nitrogens with one attached hydrogen (secondary N) is 1. The fourth-order valence-corrected chi connectivity index (χ4v) is 2.60. The van der Waals surface area contributed by atoms with E-state index in [0.717, 1.165) is 36.9 Å². The van der Waals surface area contributed by atoms with Crippen molar-refractivity contribution in [1.82, 2.24) is 5.32 Å². The molecule has 2 unspecified atom stereocenters. The Bertz CT molecular complexity index is 447. The van der Waals surface area contributed by atoms with Gasteiger partial charge in [-0.2, -0.15) is 0 Å². The van der Waals surface area contributed by atoms with Gasteiger partial charge in [-0.15, -0.1) is 0 Å².